The standard InChI is InChI=1S/C12H21N5O3/c1-5-13-12-15-9(4)10(17(19)20)11(16-12)14-8(3)7(2)6-18/h7-8,18H,5-6H2,1-4H3,(H2,13,14,15,16). The van der Waals surface area contributed by atoms with Gasteiger partial charge >= 0.3 is 5.69 Å². The Labute approximate surface area is 117 Å². The summed E-state index contributed by atoms with van der Waals surface area (Å²) in [5.74, 6) is 0.473. The molecule has 3 N–H and O–H groups in total. The van der Waals surface area contributed by atoms with Crippen molar-refractivity contribution in [3.63, 3.8) is 0 Å². The van der Waals surface area contributed by atoms with E-state index in [2.05, 4.69) is 20.6 Å². The predicted molar refractivity (Wildman–Crippen MR) is 76.9 cm³/mol. The maximum Gasteiger partial charge on any atom is 0.332 e. The summed E-state index contributed by atoms with van der Waals surface area (Å²) in [6.45, 7) is 7.78. The van der Waals surface area contributed by atoms with Gasteiger partial charge in [-0.15, -0.1) is 0 Å². The van der Waals surface area contributed by atoms with Crippen molar-refractivity contribution in [2.24, 2.45) is 5.92 Å². The molecule has 8 nitrogen and oxygen atoms in total. The molecule has 0 amide bonds. The molecule has 0 saturated carbocycles. The average Bonchev–Trinajstić information content (AvgIpc) is 2.37. The van der Waals surface area contributed by atoms with Gasteiger partial charge < -0.3 is 15.7 Å². The highest BCUT2D eigenvalue weighted by atomic mass is 16.6. The molecule has 0 radical (unpaired) electrons. The van der Waals surface area contributed by atoms with Gasteiger partial charge in [0.05, 0.1) is 4.92 Å². The van der Waals surface area contributed by atoms with Gasteiger partial charge in [-0.2, -0.15) is 4.98 Å². The van der Waals surface area contributed by atoms with Gasteiger partial charge in [0.2, 0.25) is 11.8 Å². The molecule has 0 saturated heterocycles. The smallest absolute Gasteiger partial charge is 0.332 e. The van der Waals surface area contributed by atoms with Gasteiger partial charge in [0.15, 0.2) is 0 Å². The number of nitro groups is 1. The molecule has 0 spiro atoms. The molecule has 1 aromatic rings. The molecule has 0 fully saturated rings. The summed E-state index contributed by atoms with van der Waals surface area (Å²) in [5, 5.41) is 26.2. The molecule has 8 heteroatoms. The highest BCUT2D eigenvalue weighted by molar-refractivity contribution is 5.61. The molecule has 0 aliphatic carbocycles. The van der Waals surface area contributed by atoms with Crippen LogP contribution in [0, 0.1) is 23.0 Å². The van der Waals surface area contributed by atoms with Gasteiger partial charge in [0.25, 0.3) is 0 Å². The van der Waals surface area contributed by atoms with Crippen molar-refractivity contribution < 1.29 is 10.0 Å². The molecule has 20 heavy (non-hydrogen) atoms. The zero-order chi connectivity index (χ0) is 15.3. The van der Waals surface area contributed by atoms with Crippen LogP contribution in [-0.4, -0.2) is 39.2 Å². The third-order valence-electron chi connectivity index (χ3n) is 3.08. The number of hydrogen-bond donors (Lipinski definition) is 3. The van der Waals surface area contributed by atoms with Crippen LogP contribution in [0.3, 0.4) is 0 Å². The van der Waals surface area contributed by atoms with Crippen LogP contribution >= 0.6 is 0 Å². The third kappa shape index (κ3) is 3.77. The number of nitrogens with one attached hydrogen (secondary N) is 2. The summed E-state index contributed by atoms with van der Waals surface area (Å²) in [7, 11) is 0. The highest BCUT2D eigenvalue weighted by Gasteiger charge is 2.24. The Balaban J connectivity index is 3.16. The Morgan fingerprint density at radius 3 is 2.55 bits per heavy atom. The second kappa shape index (κ2) is 6.99. The fourth-order valence-electron chi connectivity index (χ4n) is 1.64. The van der Waals surface area contributed by atoms with Crippen molar-refractivity contribution >= 4 is 17.5 Å². The van der Waals surface area contributed by atoms with Crippen LogP contribution in [0.15, 0.2) is 0 Å². The summed E-state index contributed by atoms with van der Waals surface area (Å²) >= 11 is 0. The Morgan fingerprint density at radius 2 is 2.05 bits per heavy atom. The number of aliphatic hydroxyl groups is 1. The molecule has 1 aromatic heterocycles. The van der Waals surface area contributed by atoms with Crippen LogP contribution in [0.1, 0.15) is 26.5 Å². The van der Waals surface area contributed by atoms with Gasteiger partial charge in [-0.05, 0) is 26.7 Å². The number of aromatic nitrogens is 2. The van der Waals surface area contributed by atoms with Gasteiger partial charge in [-0.3, -0.25) is 10.1 Å². The van der Waals surface area contributed by atoms with Gasteiger partial charge in [0, 0.05) is 19.2 Å². The molecule has 0 aliphatic heterocycles. The van der Waals surface area contributed by atoms with E-state index in [-0.39, 0.29) is 30.1 Å². The lowest BCUT2D eigenvalue weighted by atomic mass is 10.1. The summed E-state index contributed by atoms with van der Waals surface area (Å²) < 4.78 is 0. The lowest BCUT2D eigenvalue weighted by molar-refractivity contribution is -0.385. The van der Waals surface area contributed by atoms with Crippen LogP contribution in [0.4, 0.5) is 17.5 Å². The molecule has 1 rings (SSSR count). The number of rotatable bonds is 7. The molecule has 0 aliphatic rings. The number of aliphatic hydroxyl groups excluding tert-OH is 1. The zero-order valence-electron chi connectivity index (χ0n) is 12.2. The third-order valence-corrected chi connectivity index (χ3v) is 3.08. The largest absolute Gasteiger partial charge is 0.396 e. The van der Waals surface area contributed by atoms with E-state index in [0.717, 1.165) is 0 Å². The Hall–Kier alpha value is -1.96. The fourth-order valence-corrected chi connectivity index (χ4v) is 1.64. The predicted octanol–water partition coefficient (Wildman–Crippen LogP) is 1.55. The first-order valence-corrected chi connectivity index (χ1v) is 6.55. The Bertz CT molecular complexity index is 480. The Kier molecular flexibility index (Phi) is 5.63. The van der Waals surface area contributed by atoms with E-state index < -0.39 is 4.92 Å². The lowest BCUT2D eigenvalue weighted by Crippen LogP contribution is -2.27. The number of aryl methyl sites for hydroxylation is 1. The molecule has 1 heterocycles. The zero-order valence-corrected chi connectivity index (χ0v) is 12.2. The first-order chi connectivity index (χ1) is 9.40. The van der Waals surface area contributed by atoms with Crippen LogP contribution < -0.4 is 10.6 Å². The van der Waals surface area contributed by atoms with Gasteiger partial charge in [0.1, 0.15) is 5.69 Å². The SMILES string of the molecule is CCNc1nc(C)c([N+](=O)[O-])c(NC(C)C(C)CO)n1. The molecule has 0 aromatic carbocycles. The van der Waals surface area contributed by atoms with Crippen molar-refractivity contribution in [1.29, 1.82) is 0 Å². The van der Waals surface area contributed by atoms with Crippen LogP contribution in [0.25, 0.3) is 0 Å². The van der Waals surface area contributed by atoms with Crippen molar-refractivity contribution in [2.45, 2.75) is 33.7 Å². The van der Waals surface area contributed by atoms with Gasteiger partial charge in [-0.1, -0.05) is 6.92 Å². The molecule has 2 unspecified atom stereocenters. The van der Waals surface area contributed by atoms with E-state index in [0.29, 0.717) is 18.2 Å². The molecule has 2 atom stereocenters. The first kappa shape index (κ1) is 16.1. The molecule has 0 bridgehead atoms. The van der Waals surface area contributed by atoms with Crippen molar-refractivity contribution in [3.05, 3.63) is 15.8 Å². The van der Waals surface area contributed by atoms with E-state index in [1.807, 2.05) is 20.8 Å². The number of anilines is 2. The topological polar surface area (TPSA) is 113 Å². The van der Waals surface area contributed by atoms with Crippen LogP contribution in [0.5, 0.6) is 0 Å². The minimum absolute atomic E-state index is 0.00784. The fraction of sp³-hybridized carbons (Fsp3) is 0.667. The van der Waals surface area contributed by atoms with E-state index >= 15 is 0 Å². The average molecular weight is 283 g/mol. The summed E-state index contributed by atoms with van der Waals surface area (Å²) in [6.07, 6.45) is 0. The quantitative estimate of drug-likeness (QED) is 0.514. The van der Waals surface area contributed by atoms with Crippen molar-refractivity contribution in [2.75, 3.05) is 23.8 Å². The minimum atomic E-state index is -0.496. The normalized spacial score (nSPS) is 13.7. The summed E-state index contributed by atoms with van der Waals surface area (Å²) in [4.78, 5) is 18.9. The second-order valence-electron chi connectivity index (χ2n) is 4.71. The lowest BCUT2D eigenvalue weighted by Gasteiger charge is -2.20. The van der Waals surface area contributed by atoms with E-state index in [4.69, 9.17) is 5.11 Å². The Morgan fingerprint density at radius 1 is 1.40 bits per heavy atom. The summed E-state index contributed by atoms with van der Waals surface area (Å²) in [5.41, 5.74) is 0.163. The highest BCUT2D eigenvalue weighted by Crippen LogP contribution is 2.27. The molecular formula is C12H21N5O3. The molecular weight excluding hydrogens is 262 g/mol. The maximum absolute atomic E-state index is 11.1. The number of nitrogens with zero attached hydrogens (tertiary/aromatic N) is 3. The van der Waals surface area contributed by atoms with E-state index in [1.54, 1.807) is 6.92 Å². The maximum atomic E-state index is 11.1. The van der Waals surface area contributed by atoms with Crippen LogP contribution in [0.2, 0.25) is 0 Å². The second-order valence-corrected chi connectivity index (χ2v) is 4.71. The monoisotopic (exact) mass is 283 g/mol. The minimum Gasteiger partial charge on any atom is -0.396 e. The van der Waals surface area contributed by atoms with Gasteiger partial charge in [-0.25, -0.2) is 4.98 Å². The summed E-state index contributed by atoms with van der Waals surface area (Å²) in [6, 6.07) is -0.150. The van der Waals surface area contributed by atoms with Crippen LogP contribution in [-0.2, 0) is 0 Å². The van der Waals surface area contributed by atoms with Crippen molar-refractivity contribution in [1.82, 2.24) is 9.97 Å². The van der Waals surface area contributed by atoms with E-state index in [1.165, 1.54) is 0 Å². The van der Waals surface area contributed by atoms with E-state index in [9.17, 15) is 10.1 Å². The van der Waals surface area contributed by atoms with Crippen molar-refractivity contribution in [3.8, 4) is 0 Å². The number of hydrogen-bond acceptors (Lipinski definition) is 7. The molecule has 112 valence electrons. The first-order valence-electron chi connectivity index (χ1n) is 6.55.